The summed E-state index contributed by atoms with van der Waals surface area (Å²) in [4.78, 5) is 2.38. The minimum Gasteiger partial charge on any atom is -0.311 e. The third-order valence-electron chi connectivity index (χ3n) is 13.0. The Hall–Kier alpha value is -7.98. The number of hydrogen-bond donors (Lipinski definition) is 0. The second kappa shape index (κ2) is 14.3. The largest absolute Gasteiger partial charge is 0.311 e. The summed E-state index contributed by atoms with van der Waals surface area (Å²) in [7, 11) is 0. The van der Waals surface area contributed by atoms with E-state index in [1.807, 2.05) is 11.3 Å². The first kappa shape index (κ1) is 35.7. The zero-order valence-electron chi connectivity index (χ0n) is 34.2. The van der Waals surface area contributed by atoms with Crippen LogP contribution in [-0.2, 0) is 0 Å². The fourth-order valence-electron chi connectivity index (χ4n) is 10.1. The van der Waals surface area contributed by atoms with Crippen LogP contribution in [0.2, 0.25) is 0 Å². The van der Waals surface area contributed by atoms with E-state index in [-0.39, 0.29) is 0 Å². The summed E-state index contributed by atoms with van der Waals surface area (Å²) in [6, 6.07) is 84.5. The Morgan fingerprint density at radius 3 is 1.67 bits per heavy atom. The van der Waals surface area contributed by atoms with Crippen LogP contribution < -0.4 is 4.90 Å². The lowest BCUT2D eigenvalue weighted by molar-refractivity contribution is 1.18. The van der Waals surface area contributed by atoms with Gasteiger partial charge in [0.25, 0.3) is 0 Å². The van der Waals surface area contributed by atoms with Gasteiger partial charge in [-0.15, -0.1) is 11.3 Å². The summed E-state index contributed by atoms with van der Waals surface area (Å²) in [5.74, 6) is 0. The van der Waals surface area contributed by atoms with Crippen molar-refractivity contribution in [3.05, 3.63) is 231 Å². The lowest BCUT2D eigenvalue weighted by Crippen LogP contribution is -2.10. The summed E-state index contributed by atoms with van der Waals surface area (Å²) >= 11 is 1.88. The highest BCUT2D eigenvalue weighted by Crippen LogP contribution is 2.46. The quantitative estimate of drug-likeness (QED) is 0.152. The van der Waals surface area contributed by atoms with Gasteiger partial charge in [0, 0.05) is 64.5 Å². The first-order valence-corrected chi connectivity index (χ1v) is 22.4. The fraction of sp³-hybridized carbons (Fsp3) is 0. The van der Waals surface area contributed by atoms with E-state index in [1.54, 1.807) is 0 Å². The number of rotatable bonds is 6. The van der Waals surface area contributed by atoms with E-state index in [9.17, 15) is 0 Å². The Morgan fingerprint density at radius 2 is 0.905 bits per heavy atom. The van der Waals surface area contributed by atoms with E-state index in [1.165, 1.54) is 96.5 Å². The summed E-state index contributed by atoms with van der Waals surface area (Å²) < 4.78 is 5.14. The zero-order chi connectivity index (χ0) is 41.4. The SMILES string of the molecule is c1ccc(-c2ccc(N(c3ccc(-c4cccc5c4sc4ccccc45)cc3)c3ccc(-n4c5ccccc5c5c6c7ccccc7ccc6c6ccccc6c54)cc3)cc2)cc1. The number of thiophene rings is 1. The molecule has 3 heteroatoms. The second-order valence-electron chi connectivity index (χ2n) is 16.4. The van der Waals surface area contributed by atoms with E-state index < -0.39 is 0 Å². The molecular weight excluding hydrogens is 781 g/mol. The standard InChI is InChI=1S/C60H38N2S/c1-2-13-39(14-3-1)40-25-30-43(31-26-40)61(44-32-27-42(28-33-44)48-21-12-22-53-50-18-9-11-24-56(50)63-60(48)53)45-34-36-46(37-35-45)62-55-23-10-8-20-54(55)58-57-47-16-5-4-15-41(47)29-38-51(57)49-17-6-7-19-52(49)59(58)62/h1-38H. The van der Waals surface area contributed by atoms with Crippen LogP contribution in [0.5, 0.6) is 0 Å². The molecule has 0 aliphatic heterocycles. The van der Waals surface area contributed by atoms with Crippen molar-refractivity contribution in [2.75, 3.05) is 4.90 Å². The highest BCUT2D eigenvalue weighted by molar-refractivity contribution is 7.26. The fourth-order valence-corrected chi connectivity index (χ4v) is 11.3. The van der Waals surface area contributed by atoms with E-state index >= 15 is 0 Å². The molecule has 0 fully saturated rings. The van der Waals surface area contributed by atoms with Gasteiger partial charge in [0.05, 0.1) is 11.0 Å². The van der Waals surface area contributed by atoms with Gasteiger partial charge in [0.15, 0.2) is 0 Å². The van der Waals surface area contributed by atoms with Crippen LogP contribution >= 0.6 is 11.3 Å². The molecule has 0 amide bonds. The summed E-state index contributed by atoms with van der Waals surface area (Å²) in [5, 5.41) is 12.8. The van der Waals surface area contributed by atoms with E-state index in [0.717, 1.165) is 22.7 Å². The van der Waals surface area contributed by atoms with Crippen molar-refractivity contribution >= 4 is 103 Å². The minimum atomic E-state index is 1.09. The molecule has 63 heavy (non-hydrogen) atoms. The molecule has 0 aliphatic carbocycles. The zero-order valence-corrected chi connectivity index (χ0v) is 35.1. The molecule has 2 aromatic heterocycles. The van der Waals surface area contributed by atoms with Crippen molar-refractivity contribution in [3.8, 4) is 27.9 Å². The second-order valence-corrected chi connectivity index (χ2v) is 17.5. The Balaban J connectivity index is 0.977. The molecule has 2 heterocycles. The average Bonchev–Trinajstić information content (AvgIpc) is 3.92. The summed E-state index contributed by atoms with van der Waals surface area (Å²) in [6.07, 6.45) is 0. The van der Waals surface area contributed by atoms with Crippen molar-refractivity contribution in [2.45, 2.75) is 0 Å². The molecule has 11 aromatic carbocycles. The maximum Gasteiger partial charge on any atom is 0.0626 e. The van der Waals surface area contributed by atoms with E-state index in [0.29, 0.717) is 0 Å². The summed E-state index contributed by atoms with van der Waals surface area (Å²) in [6.45, 7) is 0. The van der Waals surface area contributed by atoms with E-state index in [2.05, 4.69) is 240 Å². The van der Waals surface area contributed by atoms with Crippen molar-refractivity contribution in [1.82, 2.24) is 4.57 Å². The molecule has 0 spiro atoms. The molecule has 0 saturated heterocycles. The Morgan fingerprint density at radius 1 is 0.333 bits per heavy atom. The monoisotopic (exact) mass is 818 g/mol. The lowest BCUT2D eigenvalue weighted by atomic mass is 9.93. The molecule has 0 atom stereocenters. The highest BCUT2D eigenvalue weighted by Gasteiger charge is 2.21. The molecule has 2 nitrogen and oxygen atoms in total. The Bertz CT molecular complexity index is 3880. The maximum absolute atomic E-state index is 2.49. The van der Waals surface area contributed by atoms with Gasteiger partial charge in [-0.2, -0.15) is 0 Å². The summed E-state index contributed by atoms with van der Waals surface area (Å²) in [5.41, 5.74) is 11.7. The van der Waals surface area contributed by atoms with Crippen molar-refractivity contribution < 1.29 is 0 Å². The van der Waals surface area contributed by atoms with Crippen LogP contribution in [0, 0.1) is 0 Å². The van der Waals surface area contributed by atoms with Gasteiger partial charge < -0.3 is 9.47 Å². The predicted molar refractivity (Wildman–Crippen MR) is 272 cm³/mol. The molecule has 0 aliphatic rings. The number of para-hydroxylation sites is 1. The topological polar surface area (TPSA) is 8.17 Å². The third-order valence-corrected chi connectivity index (χ3v) is 14.2. The van der Waals surface area contributed by atoms with Gasteiger partial charge in [-0.1, -0.05) is 170 Å². The number of benzene rings is 11. The van der Waals surface area contributed by atoms with Crippen molar-refractivity contribution in [2.24, 2.45) is 0 Å². The smallest absolute Gasteiger partial charge is 0.0626 e. The lowest BCUT2D eigenvalue weighted by Gasteiger charge is -2.26. The predicted octanol–water partition coefficient (Wildman–Crippen LogP) is 17.4. The number of fused-ring (bicyclic) bond motifs is 13. The maximum atomic E-state index is 2.49. The van der Waals surface area contributed by atoms with E-state index in [4.69, 9.17) is 0 Å². The first-order chi connectivity index (χ1) is 31.3. The number of hydrogen-bond acceptors (Lipinski definition) is 2. The minimum absolute atomic E-state index is 1.09. The van der Waals surface area contributed by atoms with Crippen LogP contribution in [0.15, 0.2) is 231 Å². The molecule has 0 saturated carbocycles. The average molecular weight is 819 g/mol. The Kier molecular flexibility index (Phi) is 8.12. The molecule has 13 aromatic rings. The van der Waals surface area contributed by atoms with Gasteiger partial charge >= 0.3 is 0 Å². The van der Waals surface area contributed by atoms with Crippen molar-refractivity contribution in [3.63, 3.8) is 0 Å². The van der Waals surface area contributed by atoms with Crippen LogP contribution in [0.4, 0.5) is 17.1 Å². The number of aromatic nitrogens is 1. The van der Waals surface area contributed by atoms with Gasteiger partial charge in [-0.25, -0.2) is 0 Å². The van der Waals surface area contributed by atoms with Crippen LogP contribution in [0.25, 0.3) is 102 Å². The molecule has 0 radical (unpaired) electrons. The number of nitrogens with zero attached hydrogens (tertiary/aromatic N) is 2. The van der Waals surface area contributed by atoms with Crippen LogP contribution in [0.3, 0.4) is 0 Å². The van der Waals surface area contributed by atoms with Crippen LogP contribution in [0.1, 0.15) is 0 Å². The van der Waals surface area contributed by atoms with Crippen molar-refractivity contribution in [1.29, 1.82) is 0 Å². The van der Waals surface area contributed by atoms with Gasteiger partial charge in [-0.05, 0) is 104 Å². The molecular formula is C60H38N2S. The number of anilines is 3. The van der Waals surface area contributed by atoms with Gasteiger partial charge in [0.1, 0.15) is 0 Å². The molecule has 0 unspecified atom stereocenters. The van der Waals surface area contributed by atoms with Gasteiger partial charge in [-0.3, -0.25) is 0 Å². The molecule has 0 N–H and O–H groups in total. The normalized spacial score (nSPS) is 11.8. The van der Waals surface area contributed by atoms with Crippen LogP contribution in [-0.4, -0.2) is 4.57 Å². The highest BCUT2D eigenvalue weighted by atomic mass is 32.1. The third kappa shape index (κ3) is 5.64. The molecule has 13 rings (SSSR count). The van der Waals surface area contributed by atoms with Gasteiger partial charge in [0.2, 0.25) is 0 Å². The first-order valence-electron chi connectivity index (χ1n) is 21.6. The molecule has 0 bridgehead atoms. The Labute approximate surface area is 368 Å². The molecule has 294 valence electrons.